The lowest BCUT2D eigenvalue weighted by molar-refractivity contribution is -0.385. The average Bonchev–Trinajstić information content (AvgIpc) is 3.22. The Hall–Kier alpha value is -3.01. The van der Waals surface area contributed by atoms with Gasteiger partial charge in [0.15, 0.2) is 0 Å². The number of rotatable bonds is 4. The van der Waals surface area contributed by atoms with Crippen LogP contribution in [0.3, 0.4) is 0 Å². The van der Waals surface area contributed by atoms with E-state index in [0.29, 0.717) is 26.3 Å². The lowest BCUT2D eigenvalue weighted by Gasteiger charge is -2.03. The first-order valence-corrected chi connectivity index (χ1v) is 9.42. The number of fused-ring (bicyclic) bond motifs is 1. The van der Waals surface area contributed by atoms with Gasteiger partial charge >= 0.3 is 0 Å². The molecule has 0 spiro atoms. The molecule has 2 aromatic carbocycles. The van der Waals surface area contributed by atoms with E-state index >= 15 is 0 Å². The number of thiazole rings is 1. The Morgan fingerprint density at radius 1 is 1.21 bits per heavy atom. The molecular weight excluding hydrogens is 425 g/mol. The van der Waals surface area contributed by atoms with Crippen LogP contribution in [0.2, 0.25) is 10.0 Å². The van der Waals surface area contributed by atoms with Crippen LogP contribution in [0.25, 0.3) is 16.2 Å². The van der Waals surface area contributed by atoms with Gasteiger partial charge in [-0.15, -0.1) is 16.4 Å². The van der Waals surface area contributed by atoms with E-state index in [1.165, 1.54) is 34.1 Å². The number of nitrogens with one attached hydrogen (secondary N) is 1. The number of hydrogen-bond donors (Lipinski definition) is 1. The van der Waals surface area contributed by atoms with Gasteiger partial charge in [0, 0.05) is 22.0 Å². The fraction of sp³-hybridized carbons (Fsp3) is 0. The Kier molecular flexibility index (Phi) is 4.71. The van der Waals surface area contributed by atoms with E-state index in [1.807, 2.05) is 5.38 Å². The van der Waals surface area contributed by atoms with Crippen molar-refractivity contribution >= 4 is 57.0 Å². The molecule has 1 amide bonds. The van der Waals surface area contributed by atoms with Gasteiger partial charge in [-0.3, -0.25) is 20.2 Å². The van der Waals surface area contributed by atoms with Crippen molar-refractivity contribution in [1.82, 2.24) is 14.6 Å². The summed E-state index contributed by atoms with van der Waals surface area (Å²) in [6, 6.07) is 10.7. The number of carbonyl (C=O) groups is 1. The lowest BCUT2D eigenvalue weighted by Crippen LogP contribution is -2.15. The molecule has 0 aliphatic carbocycles. The Labute approximate surface area is 171 Å². The van der Waals surface area contributed by atoms with Gasteiger partial charge in [0.25, 0.3) is 17.5 Å². The van der Waals surface area contributed by atoms with Gasteiger partial charge in [-0.2, -0.15) is 4.98 Å². The Morgan fingerprint density at radius 3 is 2.75 bits per heavy atom. The molecule has 4 aromatic rings. The zero-order valence-corrected chi connectivity index (χ0v) is 16.1. The maximum absolute atomic E-state index is 12.4. The maximum Gasteiger partial charge on any atom is 0.282 e. The standard InChI is InChI=1S/C17H9Cl2N5O3S/c18-9-5-6-10(12(19)7-9)14-8-28-17-21-16(22-23(14)17)20-15(25)11-3-1-2-4-13(11)24(26)27/h1-8H,(H,20,22,25). The summed E-state index contributed by atoms with van der Waals surface area (Å²) in [7, 11) is 0. The van der Waals surface area contributed by atoms with E-state index in [1.54, 1.807) is 24.3 Å². The summed E-state index contributed by atoms with van der Waals surface area (Å²) in [6.45, 7) is 0. The Morgan fingerprint density at radius 2 is 2.00 bits per heavy atom. The zero-order valence-electron chi connectivity index (χ0n) is 13.8. The second-order valence-corrected chi connectivity index (χ2v) is 7.28. The summed E-state index contributed by atoms with van der Waals surface area (Å²) in [5.74, 6) is -0.641. The number of para-hydroxylation sites is 1. The van der Waals surface area contributed by atoms with Gasteiger partial charge in [0.2, 0.25) is 4.96 Å². The molecule has 0 fully saturated rings. The molecule has 0 unspecified atom stereocenters. The number of anilines is 1. The summed E-state index contributed by atoms with van der Waals surface area (Å²) in [4.78, 5) is 27.7. The highest BCUT2D eigenvalue weighted by molar-refractivity contribution is 7.15. The van der Waals surface area contributed by atoms with Gasteiger partial charge < -0.3 is 0 Å². The minimum absolute atomic E-state index is 0.0290. The zero-order chi connectivity index (χ0) is 19.8. The van der Waals surface area contributed by atoms with Crippen molar-refractivity contribution in [2.45, 2.75) is 0 Å². The lowest BCUT2D eigenvalue weighted by atomic mass is 10.1. The molecule has 8 nitrogen and oxygen atoms in total. The molecule has 0 radical (unpaired) electrons. The molecule has 11 heteroatoms. The first kappa shape index (κ1) is 18.4. The van der Waals surface area contributed by atoms with E-state index in [0.717, 1.165) is 0 Å². The second-order valence-electron chi connectivity index (χ2n) is 5.60. The van der Waals surface area contributed by atoms with E-state index in [2.05, 4.69) is 15.4 Å². The van der Waals surface area contributed by atoms with Crippen LogP contribution in [0.1, 0.15) is 10.4 Å². The minimum Gasteiger partial charge on any atom is -0.289 e. The molecule has 0 bridgehead atoms. The molecule has 28 heavy (non-hydrogen) atoms. The quantitative estimate of drug-likeness (QED) is 0.363. The number of hydrogen-bond acceptors (Lipinski definition) is 6. The topological polar surface area (TPSA) is 102 Å². The van der Waals surface area contributed by atoms with Gasteiger partial charge in [-0.25, -0.2) is 4.52 Å². The highest BCUT2D eigenvalue weighted by Crippen LogP contribution is 2.33. The molecule has 0 atom stereocenters. The number of benzene rings is 2. The van der Waals surface area contributed by atoms with Crippen molar-refractivity contribution in [2.75, 3.05) is 5.32 Å². The molecular formula is C17H9Cl2N5O3S. The number of nitrogens with zero attached hydrogens (tertiary/aromatic N) is 4. The number of halogens is 2. The van der Waals surface area contributed by atoms with Gasteiger partial charge in [0.05, 0.1) is 15.6 Å². The van der Waals surface area contributed by atoms with Crippen LogP contribution < -0.4 is 5.32 Å². The molecule has 2 heterocycles. The van der Waals surface area contributed by atoms with Gasteiger partial charge in [0.1, 0.15) is 5.56 Å². The number of nitro groups is 1. The summed E-state index contributed by atoms with van der Waals surface area (Å²) < 4.78 is 1.54. The van der Waals surface area contributed by atoms with E-state index < -0.39 is 10.8 Å². The van der Waals surface area contributed by atoms with Crippen LogP contribution in [0.4, 0.5) is 11.6 Å². The molecule has 4 rings (SSSR count). The summed E-state index contributed by atoms with van der Waals surface area (Å²) >= 11 is 13.5. The van der Waals surface area contributed by atoms with Crippen molar-refractivity contribution in [1.29, 1.82) is 0 Å². The van der Waals surface area contributed by atoms with Crippen molar-refractivity contribution < 1.29 is 9.72 Å². The third-order valence-electron chi connectivity index (χ3n) is 3.86. The molecule has 140 valence electrons. The molecule has 0 saturated heterocycles. The van der Waals surface area contributed by atoms with Crippen molar-refractivity contribution in [3.05, 3.63) is 73.6 Å². The summed E-state index contributed by atoms with van der Waals surface area (Å²) in [5.41, 5.74) is 1.01. The fourth-order valence-corrected chi connectivity index (χ4v) is 3.94. The highest BCUT2D eigenvalue weighted by Gasteiger charge is 2.21. The summed E-state index contributed by atoms with van der Waals surface area (Å²) in [5, 5.41) is 20.7. The van der Waals surface area contributed by atoms with Crippen LogP contribution >= 0.6 is 34.5 Å². The number of aromatic nitrogens is 3. The molecule has 1 N–H and O–H groups in total. The monoisotopic (exact) mass is 433 g/mol. The van der Waals surface area contributed by atoms with E-state index in [9.17, 15) is 14.9 Å². The molecule has 0 saturated carbocycles. The predicted molar refractivity (Wildman–Crippen MR) is 107 cm³/mol. The summed E-state index contributed by atoms with van der Waals surface area (Å²) in [6.07, 6.45) is 0. The fourth-order valence-electron chi connectivity index (χ4n) is 2.61. The predicted octanol–water partition coefficient (Wildman–Crippen LogP) is 4.93. The SMILES string of the molecule is O=C(Nc1nc2scc(-c3ccc(Cl)cc3Cl)n2n1)c1ccccc1[N+](=O)[O-]. The number of amides is 1. The molecule has 2 aromatic heterocycles. The Balaban J connectivity index is 1.68. The van der Waals surface area contributed by atoms with E-state index in [4.69, 9.17) is 23.2 Å². The second kappa shape index (κ2) is 7.19. The number of carbonyl (C=O) groups excluding carboxylic acids is 1. The van der Waals surface area contributed by atoms with Crippen LogP contribution in [-0.2, 0) is 0 Å². The van der Waals surface area contributed by atoms with Crippen molar-refractivity contribution in [2.24, 2.45) is 0 Å². The third-order valence-corrected chi connectivity index (χ3v) is 5.22. The highest BCUT2D eigenvalue weighted by atomic mass is 35.5. The molecule has 0 aliphatic rings. The van der Waals surface area contributed by atoms with Crippen LogP contribution in [0.5, 0.6) is 0 Å². The smallest absolute Gasteiger partial charge is 0.282 e. The van der Waals surface area contributed by atoms with Gasteiger partial charge in [-0.1, -0.05) is 35.3 Å². The first-order valence-electron chi connectivity index (χ1n) is 7.78. The first-order chi connectivity index (χ1) is 13.4. The largest absolute Gasteiger partial charge is 0.289 e. The van der Waals surface area contributed by atoms with Gasteiger partial charge in [-0.05, 0) is 24.3 Å². The minimum atomic E-state index is -0.670. The Bertz CT molecular complexity index is 1240. The third kappa shape index (κ3) is 3.31. The van der Waals surface area contributed by atoms with E-state index in [-0.39, 0.29) is 17.2 Å². The maximum atomic E-state index is 12.4. The van der Waals surface area contributed by atoms with Crippen molar-refractivity contribution in [3.8, 4) is 11.3 Å². The molecule has 0 aliphatic heterocycles. The van der Waals surface area contributed by atoms with Crippen LogP contribution in [0.15, 0.2) is 47.8 Å². The van der Waals surface area contributed by atoms with Crippen LogP contribution in [0, 0.1) is 10.1 Å². The normalized spacial score (nSPS) is 10.9. The number of nitro benzene ring substituents is 1. The average molecular weight is 434 g/mol. The van der Waals surface area contributed by atoms with Crippen molar-refractivity contribution in [3.63, 3.8) is 0 Å². The van der Waals surface area contributed by atoms with Crippen LogP contribution in [-0.4, -0.2) is 25.4 Å².